The van der Waals surface area contributed by atoms with Gasteiger partial charge in [-0.25, -0.2) is 0 Å². The van der Waals surface area contributed by atoms with Gasteiger partial charge in [-0.2, -0.15) is 0 Å². The predicted molar refractivity (Wildman–Crippen MR) is 65.5 cm³/mol. The summed E-state index contributed by atoms with van der Waals surface area (Å²) < 4.78 is 0. The molecule has 2 aromatic rings. The molecule has 0 spiro atoms. The summed E-state index contributed by atoms with van der Waals surface area (Å²) in [4.78, 5) is 26.4. The Morgan fingerprint density at radius 1 is 0.611 bits per heavy atom. The van der Waals surface area contributed by atoms with Crippen LogP contribution in [-0.2, 0) is 0 Å². The van der Waals surface area contributed by atoms with Gasteiger partial charge in [0.2, 0.25) is 0 Å². The zero-order valence-electron chi connectivity index (χ0n) is 9.30. The van der Waals surface area contributed by atoms with E-state index in [1.165, 1.54) is 0 Å². The van der Waals surface area contributed by atoms with Crippen LogP contribution in [0.5, 0.6) is 0 Å². The van der Waals surface area contributed by atoms with E-state index in [9.17, 15) is 0 Å². The second kappa shape index (κ2) is 3.49. The minimum absolute atomic E-state index is 0.136. The molecule has 4 rings (SSSR count). The number of nitrogens with zero attached hydrogens (tertiary/aromatic N) is 6. The largest absolute Gasteiger partial charge is 0.279 e. The molecule has 2 atom stereocenters. The molecular formula is C12H8N6. The third-order valence-corrected chi connectivity index (χ3v) is 3.10. The Morgan fingerprint density at radius 2 is 1.06 bits per heavy atom. The molecule has 3 heterocycles. The summed E-state index contributed by atoms with van der Waals surface area (Å²) in [6.07, 6.45) is 10.1. The molecule has 86 valence electrons. The minimum Gasteiger partial charge on any atom is -0.279 e. The monoisotopic (exact) mass is 236 g/mol. The van der Waals surface area contributed by atoms with E-state index in [0.29, 0.717) is 0 Å². The third kappa shape index (κ3) is 1.17. The molecule has 6 heteroatoms. The summed E-state index contributed by atoms with van der Waals surface area (Å²) in [5.41, 5.74) is 3.17. The first-order valence-electron chi connectivity index (χ1n) is 5.62. The van der Waals surface area contributed by atoms with E-state index in [2.05, 4.69) is 29.9 Å². The fourth-order valence-electron chi connectivity index (χ4n) is 2.36. The minimum atomic E-state index is -0.136. The Kier molecular flexibility index (Phi) is 1.85. The second-order valence-electron chi connectivity index (χ2n) is 4.07. The highest BCUT2D eigenvalue weighted by Gasteiger charge is 2.37. The van der Waals surface area contributed by atoms with Crippen LogP contribution in [0.4, 0.5) is 0 Å². The Bertz CT molecular complexity index is 618. The molecule has 0 saturated heterocycles. The molecule has 0 N–H and O–H groups in total. The van der Waals surface area contributed by atoms with Gasteiger partial charge < -0.3 is 0 Å². The van der Waals surface area contributed by atoms with Crippen LogP contribution in [0.3, 0.4) is 0 Å². The lowest BCUT2D eigenvalue weighted by Gasteiger charge is -2.28. The summed E-state index contributed by atoms with van der Waals surface area (Å²) in [6, 6.07) is -0.272. The van der Waals surface area contributed by atoms with Crippen molar-refractivity contribution >= 4 is 12.4 Å². The quantitative estimate of drug-likeness (QED) is 0.688. The molecule has 1 aliphatic heterocycles. The van der Waals surface area contributed by atoms with E-state index in [-0.39, 0.29) is 12.1 Å². The van der Waals surface area contributed by atoms with Gasteiger partial charge in [0.1, 0.15) is 23.5 Å². The van der Waals surface area contributed by atoms with Crippen molar-refractivity contribution in [3.8, 4) is 11.4 Å². The van der Waals surface area contributed by atoms with Gasteiger partial charge >= 0.3 is 0 Å². The van der Waals surface area contributed by atoms with E-state index >= 15 is 0 Å². The van der Waals surface area contributed by atoms with Gasteiger partial charge in [-0.15, -0.1) is 0 Å². The highest BCUT2D eigenvalue weighted by Crippen LogP contribution is 2.44. The fourth-order valence-corrected chi connectivity index (χ4v) is 2.36. The Balaban J connectivity index is 2.06. The number of hydrogen-bond acceptors (Lipinski definition) is 6. The zero-order valence-corrected chi connectivity index (χ0v) is 9.30. The summed E-state index contributed by atoms with van der Waals surface area (Å²) in [7, 11) is 0. The first kappa shape index (κ1) is 9.52. The van der Waals surface area contributed by atoms with E-state index in [1.54, 1.807) is 37.2 Å². The zero-order chi connectivity index (χ0) is 11.9. The van der Waals surface area contributed by atoms with Crippen molar-refractivity contribution in [2.45, 2.75) is 12.1 Å². The number of rotatable bonds is 0. The SMILES string of the molecule is C1=NC2c3nccnc3-c3nccnc3C2N=C1. The number of aliphatic imine (C=N–C) groups is 2. The number of aromatic nitrogens is 4. The van der Waals surface area contributed by atoms with Crippen molar-refractivity contribution < 1.29 is 0 Å². The van der Waals surface area contributed by atoms with E-state index in [1.807, 2.05) is 0 Å². The molecule has 18 heavy (non-hydrogen) atoms. The number of hydrogen-bond donors (Lipinski definition) is 0. The third-order valence-electron chi connectivity index (χ3n) is 3.10. The molecule has 0 saturated carbocycles. The van der Waals surface area contributed by atoms with Crippen LogP contribution >= 0.6 is 0 Å². The smallest absolute Gasteiger partial charge is 0.122 e. The molecule has 0 fully saturated rings. The van der Waals surface area contributed by atoms with E-state index in [4.69, 9.17) is 0 Å². The molecule has 2 unspecified atom stereocenters. The van der Waals surface area contributed by atoms with Crippen LogP contribution in [0, 0.1) is 0 Å². The van der Waals surface area contributed by atoms with Crippen molar-refractivity contribution in [1.82, 2.24) is 19.9 Å². The fraction of sp³-hybridized carbons (Fsp3) is 0.167. The standard InChI is InChI=1S/C12H8N6/c1-2-14-8-7(13-1)9-11(17-4-3-15-9)12-10(8)16-5-6-18-12/h1-8H. The van der Waals surface area contributed by atoms with E-state index in [0.717, 1.165) is 22.8 Å². The van der Waals surface area contributed by atoms with Gasteiger partial charge in [-0.1, -0.05) is 0 Å². The van der Waals surface area contributed by atoms with Crippen molar-refractivity contribution in [1.29, 1.82) is 0 Å². The van der Waals surface area contributed by atoms with Crippen molar-refractivity contribution in [2.75, 3.05) is 0 Å². The molecule has 0 bridgehead atoms. The van der Waals surface area contributed by atoms with Crippen molar-refractivity contribution in [2.24, 2.45) is 9.98 Å². The summed E-state index contributed by atoms with van der Waals surface area (Å²) in [5.74, 6) is 0. The Hall–Kier alpha value is -2.50. The Labute approximate surface area is 103 Å². The molecule has 2 aliphatic rings. The Morgan fingerprint density at radius 3 is 1.56 bits per heavy atom. The van der Waals surface area contributed by atoms with Crippen LogP contribution in [0.15, 0.2) is 34.8 Å². The maximum Gasteiger partial charge on any atom is 0.122 e. The van der Waals surface area contributed by atoms with Gasteiger partial charge in [-0.3, -0.25) is 29.9 Å². The maximum atomic E-state index is 4.45. The predicted octanol–water partition coefficient (Wildman–Crippen LogP) is 1.18. The van der Waals surface area contributed by atoms with Gasteiger partial charge in [-0.05, 0) is 0 Å². The lowest BCUT2D eigenvalue weighted by molar-refractivity contribution is 0.539. The molecule has 0 aromatic carbocycles. The number of fused-ring (bicyclic) bond motifs is 6. The summed E-state index contributed by atoms with van der Waals surface area (Å²) in [5, 5.41) is 0. The van der Waals surface area contributed by atoms with Crippen LogP contribution in [-0.4, -0.2) is 32.4 Å². The van der Waals surface area contributed by atoms with Gasteiger partial charge in [0.05, 0.1) is 11.4 Å². The average molecular weight is 236 g/mol. The lowest BCUT2D eigenvalue weighted by Crippen LogP contribution is -2.21. The summed E-state index contributed by atoms with van der Waals surface area (Å²) in [6.45, 7) is 0. The topological polar surface area (TPSA) is 76.3 Å². The maximum absolute atomic E-state index is 4.45. The van der Waals surface area contributed by atoms with Crippen LogP contribution < -0.4 is 0 Å². The highest BCUT2D eigenvalue weighted by atomic mass is 15.0. The molecule has 0 amide bonds. The lowest BCUT2D eigenvalue weighted by atomic mass is 9.90. The summed E-state index contributed by atoms with van der Waals surface area (Å²) >= 11 is 0. The van der Waals surface area contributed by atoms with Crippen LogP contribution in [0.25, 0.3) is 11.4 Å². The average Bonchev–Trinajstić information content (AvgIpc) is 2.48. The normalized spacial score (nSPS) is 23.1. The first-order chi connectivity index (χ1) is 8.95. The van der Waals surface area contributed by atoms with Crippen molar-refractivity contribution in [3.05, 3.63) is 36.2 Å². The van der Waals surface area contributed by atoms with E-state index < -0.39 is 0 Å². The van der Waals surface area contributed by atoms with Gasteiger partial charge in [0, 0.05) is 37.2 Å². The van der Waals surface area contributed by atoms with Gasteiger partial charge in [0.25, 0.3) is 0 Å². The molecule has 1 aliphatic carbocycles. The first-order valence-corrected chi connectivity index (χ1v) is 5.62. The molecule has 6 nitrogen and oxygen atoms in total. The molecule has 0 radical (unpaired) electrons. The molecule has 2 aromatic heterocycles. The molecular weight excluding hydrogens is 228 g/mol. The second-order valence-corrected chi connectivity index (χ2v) is 4.07. The van der Waals surface area contributed by atoms with Crippen LogP contribution in [0.1, 0.15) is 23.5 Å². The van der Waals surface area contributed by atoms with Gasteiger partial charge in [0.15, 0.2) is 0 Å². The highest BCUT2D eigenvalue weighted by molar-refractivity contribution is 6.16. The van der Waals surface area contributed by atoms with Crippen LogP contribution in [0.2, 0.25) is 0 Å². The van der Waals surface area contributed by atoms with Crippen molar-refractivity contribution in [3.63, 3.8) is 0 Å².